The van der Waals surface area contributed by atoms with E-state index < -0.39 is 0 Å². The first kappa shape index (κ1) is 17.8. The van der Waals surface area contributed by atoms with E-state index in [2.05, 4.69) is 10.1 Å². The van der Waals surface area contributed by atoms with E-state index >= 15 is 0 Å². The van der Waals surface area contributed by atoms with Gasteiger partial charge in [0.05, 0.1) is 5.02 Å². The average Bonchev–Trinajstić information content (AvgIpc) is 3.40. The third-order valence-electron chi connectivity index (χ3n) is 4.50. The van der Waals surface area contributed by atoms with E-state index in [0.29, 0.717) is 31.9 Å². The zero-order valence-electron chi connectivity index (χ0n) is 15.3. The highest BCUT2D eigenvalue weighted by atomic mass is 35.5. The Labute approximate surface area is 174 Å². The standard InChI is InChI=1S/C22H14ClN3O2S/c1-13-5-4-6-14(11-13)20-24-22-26(25-20)21(27)19(29-22)12-15-9-10-18(28-15)16-7-2-3-8-17(16)23/h2-12H,1H3/b19-12-. The molecule has 142 valence electrons. The number of hydrogen-bond donors (Lipinski definition) is 0. The van der Waals surface area contributed by atoms with Crippen LogP contribution in [0, 0.1) is 6.92 Å². The van der Waals surface area contributed by atoms with Gasteiger partial charge >= 0.3 is 0 Å². The lowest BCUT2D eigenvalue weighted by molar-refractivity contribution is 0.571. The first-order valence-corrected chi connectivity index (χ1v) is 10.1. The topological polar surface area (TPSA) is 60.4 Å². The smallest absolute Gasteiger partial charge is 0.291 e. The number of benzene rings is 2. The van der Waals surface area contributed by atoms with Crippen molar-refractivity contribution < 1.29 is 4.42 Å². The molecular formula is C22H14ClN3O2S. The van der Waals surface area contributed by atoms with Crippen LogP contribution < -0.4 is 10.1 Å². The molecule has 3 heterocycles. The quantitative estimate of drug-likeness (QED) is 0.429. The second kappa shape index (κ2) is 6.99. The fourth-order valence-corrected chi connectivity index (χ4v) is 4.22. The molecule has 0 bridgehead atoms. The minimum atomic E-state index is -0.216. The number of hydrogen-bond acceptors (Lipinski definition) is 5. The van der Waals surface area contributed by atoms with Gasteiger partial charge in [-0.25, -0.2) is 0 Å². The predicted molar refractivity (Wildman–Crippen MR) is 115 cm³/mol. The van der Waals surface area contributed by atoms with Gasteiger partial charge in [0.25, 0.3) is 5.56 Å². The van der Waals surface area contributed by atoms with Gasteiger partial charge in [0, 0.05) is 17.2 Å². The summed E-state index contributed by atoms with van der Waals surface area (Å²) in [5.74, 6) is 1.76. The number of furan rings is 1. The molecule has 7 heteroatoms. The summed E-state index contributed by atoms with van der Waals surface area (Å²) < 4.78 is 7.72. The van der Waals surface area contributed by atoms with E-state index in [1.54, 1.807) is 6.08 Å². The summed E-state index contributed by atoms with van der Waals surface area (Å²) >= 11 is 7.51. The molecule has 3 aromatic heterocycles. The lowest BCUT2D eigenvalue weighted by atomic mass is 10.1. The second-order valence-corrected chi connectivity index (χ2v) is 8.01. The van der Waals surface area contributed by atoms with E-state index in [9.17, 15) is 4.79 Å². The monoisotopic (exact) mass is 419 g/mol. The molecule has 0 atom stereocenters. The van der Waals surface area contributed by atoms with Crippen molar-refractivity contribution in [2.45, 2.75) is 6.92 Å². The predicted octanol–water partition coefficient (Wildman–Crippen LogP) is 4.59. The Bertz CT molecular complexity index is 1470. The Morgan fingerprint density at radius 1 is 1.10 bits per heavy atom. The zero-order chi connectivity index (χ0) is 20.0. The van der Waals surface area contributed by atoms with Gasteiger partial charge in [-0.05, 0) is 37.3 Å². The third-order valence-corrected chi connectivity index (χ3v) is 5.79. The molecule has 0 saturated carbocycles. The molecule has 0 unspecified atom stereocenters. The summed E-state index contributed by atoms with van der Waals surface area (Å²) in [5.41, 5.74) is 2.60. The summed E-state index contributed by atoms with van der Waals surface area (Å²) in [4.78, 5) is 17.8. The van der Waals surface area contributed by atoms with Crippen LogP contribution in [-0.2, 0) is 0 Å². The number of aromatic nitrogens is 3. The zero-order valence-corrected chi connectivity index (χ0v) is 16.9. The van der Waals surface area contributed by atoms with Gasteiger partial charge in [0.2, 0.25) is 4.96 Å². The SMILES string of the molecule is Cc1cccc(-c2nc3s/c(=C\c4ccc(-c5ccccc5Cl)o4)c(=O)n3n2)c1. The van der Waals surface area contributed by atoms with Crippen molar-refractivity contribution in [2.75, 3.05) is 0 Å². The number of thiazole rings is 1. The molecule has 0 radical (unpaired) electrons. The maximum absolute atomic E-state index is 12.8. The van der Waals surface area contributed by atoms with Crippen molar-refractivity contribution in [1.82, 2.24) is 14.6 Å². The van der Waals surface area contributed by atoms with E-state index in [1.165, 1.54) is 15.9 Å². The van der Waals surface area contributed by atoms with E-state index in [1.807, 2.05) is 67.6 Å². The molecule has 29 heavy (non-hydrogen) atoms. The number of rotatable bonds is 3. The Morgan fingerprint density at radius 2 is 1.97 bits per heavy atom. The van der Waals surface area contributed by atoms with Gasteiger partial charge in [0.1, 0.15) is 16.1 Å². The number of aryl methyl sites for hydroxylation is 1. The van der Waals surface area contributed by atoms with Crippen molar-refractivity contribution in [3.05, 3.63) is 91.9 Å². The summed E-state index contributed by atoms with van der Waals surface area (Å²) in [7, 11) is 0. The Morgan fingerprint density at radius 3 is 2.76 bits per heavy atom. The Balaban J connectivity index is 1.54. The largest absolute Gasteiger partial charge is 0.457 e. The lowest BCUT2D eigenvalue weighted by Gasteiger charge is -1.98. The molecule has 5 aromatic rings. The molecule has 5 nitrogen and oxygen atoms in total. The van der Waals surface area contributed by atoms with Gasteiger partial charge in [-0.1, -0.05) is 58.8 Å². The molecule has 0 fully saturated rings. The van der Waals surface area contributed by atoms with Crippen LogP contribution in [0.5, 0.6) is 0 Å². The van der Waals surface area contributed by atoms with Crippen LogP contribution in [0.25, 0.3) is 33.7 Å². The van der Waals surface area contributed by atoms with E-state index in [4.69, 9.17) is 16.0 Å². The van der Waals surface area contributed by atoms with Crippen LogP contribution in [0.2, 0.25) is 5.02 Å². The summed E-state index contributed by atoms with van der Waals surface area (Å²) in [5, 5.41) is 5.00. The fraction of sp³-hybridized carbons (Fsp3) is 0.0455. The van der Waals surface area contributed by atoms with E-state index in [-0.39, 0.29) is 5.56 Å². The van der Waals surface area contributed by atoms with Crippen molar-refractivity contribution >= 4 is 34.0 Å². The second-order valence-electron chi connectivity index (χ2n) is 6.60. The van der Waals surface area contributed by atoms with E-state index in [0.717, 1.165) is 16.7 Å². The number of halogens is 1. The van der Waals surface area contributed by atoms with Crippen LogP contribution in [0.3, 0.4) is 0 Å². The van der Waals surface area contributed by atoms with Gasteiger partial charge in [-0.15, -0.1) is 5.10 Å². The summed E-state index contributed by atoms with van der Waals surface area (Å²) in [6.07, 6.45) is 1.70. The van der Waals surface area contributed by atoms with Crippen LogP contribution in [0.1, 0.15) is 11.3 Å². The molecule has 0 amide bonds. The van der Waals surface area contributed by atoms with Crippen LogP contribution in [-0.4, -0.2) is 14.6 Å². The average molecular weight is 420 g/mol. The van der Waals surface area contributed by atoms with Crippen molar-refractivity contribution in [2.24, 2.45) is 0 Å². The fourth-order valence-electron chi connectivity index (χ4n) is 3.11. The molecule has 0 saturated heterocycles. The van der Waals surface area contributed by atoms with Crippen molar-refractivity contribution in [1.29, 1.82) is 0 Å². The van der Waals surface area contributed by atoms with Gasteiger partial charge in [-0.2, -0.15) is 9.50 Å². The minimum absolute atomic E-state index is 0.216. The number of fused-ring (bicyclic) bond motifs is 1. The lowest BCUT2D eigenvalue weighted by Crippen LogP contribution is -2.23. The Hall–Kier alpha value is -3.22. The molecule has 5 rings (SSSR count). The van der Waals surface area contributed by atoms with Gasteiger partial charge in [-0.3, -0.25) is 4.79 Å². The maximum atomic E-state index is 12.8. The van der Waals surface area contributed by atoms with Crippen molar-refractivity contribution in [3.8, 4) is 22.7 Å². The molecule has 0 N–H and O–H groups in total. The highest BCUT2D eigenvalue weighted by Gasteiger charge is 2.13. The molecule has 0 aliphatic rings. The minimum Gasteiger partial charge on any atom is -0.457 e. The number of nitrogens with zero attached hydrogens (tertiary/aromatic N) is 3. The third kappa shape index (κ3) is 3.26. The van der Waals surface area contributed by atoms with Crippen molar-refractivity contribution in [3.63, 3.8) is 0 Å². The van der Waals surface area contributed by atoms with Crippen LogP contribution in [0.15, 0.2) is 69.9 Å². The summed E-state index contributed by atoms with van der Waals surface area (Å²) in [6, 6.07) is 19.0. The molecular weight excluding hydrogens is 406 g/mol. The first-order valence-electron chi connectivity index (χ1n) is 8.91. The molecule has 0 aliphatic carbocycles. The Kier molecular flexibility index (Phi) is 4.30. The van der Waals surface area contributed by atoms with Gasteiger partial charge < -0.3 is 4.42 Å². The van der Waals surface area contributed by atoms with Gasteiger partial charge in [0.15, 0.2) is 5.82 Å². The highest BCUT2D eigenvalue weighted by Crippen LogP contribution is 2.29. The normalized spacial score (nSPS) is 12.1. The van der Waals surface area contributed by atoms with Crippen LogP contribution >= 0.6 is 22.9 Å². The summed E-state index contributed by atoms with van der Waals surface area (Å²) in [6.45, 7) is 2.01. The molecule has 0 aliphatic heterocycles. The maximum Gasteiger partial charge on any atom is 0.291 e. The first-order chi connectivity index (χ1) is 14.1. The van der Waals surface area contributed by atoms with Crippen LogP contribution in [0.4, 0.5) is 0 Å². The molecule has 0 spiro atoms. The molecule has 2 aromatic carbocycles. The highest BCUT2D eigenvalue weighted by molar-refractivity contribution is 7.15.